The van der Waals surface area contributed by atoms with Gasteiger partial charge in [-0.3, -0.25) is 9.69 Å². The molecule has 8 heteroatoms. The molecule has 1 fully saturated rings. The summed E-state index contributed by atoms with van der Waals surface area (Å²) in [4.78, 5) is 21.2. The molecule has 0 saturated carbocycles. The minimum Gasteiger partial charge on any atom is -0.340 e. The van der Waals surface area contributed by atoms with Gasteiger partial charge in [0, 0.05) is 51.7 Å². The quantitative estimate of drug-likeness (QED) is 0.698. The average Bonchev–Trinajstić information content (AvgIpc) is 3.20. The standard InChI is InChI=1S/C20H28N4O3S/c1-17(2)28(26,27)19-5-3-18(4-6-19)15-20(25)24-13-11-22(12-14-24)9-10-23-8-7-21-16-23/h3-8,16-17H,9-15H2,1-2H3. The molecule has 0 unspecified atom stereocenters. The Morgan fingerprint density at radius 1 is 1.07 bits per heavy atom. The smallest absolute Gasteiger partial charge is 0.227 e. The monoisotopic (exact) mass is 404 g/mol. The van der Waals surface area contributed by atoms with Crippen molar-refractivity contribution in [3.8, 4) is 0 Å². The molecule has 1 amide bonds. The number of amides is 1. The van der Waals surface area contributed by atoms with Crippen LogP contribution >= 0.6 is 0 Å². The van der Waals surface area contributed by atoms with Crippen molar-refractivity contribution in [3.63, 3.8) is 0 Å². The summed E-state index contributed by atoms with van der Waals surface area (Å²) in [5.41, 5.74) is 0.843. The Bertz CT molecular complexity index is 869. The molecule has 0 radical (unpaired) electrons. The van der Waals surface area contributed by atoms with Crippen molar-refractivity contribution >= 4 is 15.7 Å². The van der Waals surface area contributed by atoms with E-state index in [4.69, 9.17) is 0 Å². The lowest BCUT2D eigenvalue weighted by atomic mass is 10.1. The number of nitrogens with zero attached hydrogens (tertiary/aromatic N) is 4. The third-order valence-electron chi connectivity index (χ3n) is 5.19. The predicted molar refractivity (Wildman–Crippen MR) is 108 cm³/mol. The Morgan fingerprint density at radius 2 is 1.75 bits per heavy atom. The van der Waals surface area contributed by atoms with E-state index in [0.29, 0.717) is 11.3 Å². The van der Waals surface area contributed by atoms with E-state index in [0.717, 1.165) is 44.8 Å². The maximum Gasteiger partial charge on any atom is 0.227 e. The lowest BCUT2D eigenvalue weighted by Crippen LogP contribution is -2.49. The van der Waals surface area contributed by atoms with Crippen molar-refractivity contribution in [2.45, 2.75) is 37.0 Å². The summed E-state index contributed by atoms with van der Waals surface area (Å²) < 4.78 is 26.4. The summed E-state index contributed by atoms with van der Waals surface area (Å²) in [5.74, 6) is 0.0914. The fraction of sp³-hybridized carbons (Fsp3) is 0.500. The fourth-order valence-electron chi connectivity index (χ4n) is 3.25. The highest BCUT2D eigenvalue weighted by molar-refractivity contribution is 7.92. The number of sulfone groups is 1. The molecule has 0 bridgehead atoms. The van der Waals surface area contributed by atoms with E-state index in [2.05, 4.69) is 14.5 Å². The summed E-state index contributed by atoms with van der Waals surface area (Å²) >= 11 is 0. The van der Waals surface area contributed by atoms with Gasteiger partial charge in [0.25, 0.3) is 0 Å². The lowest BCUT2D eigenvalue weighted by Gasteiger charge is -2.34. The van der Waals surface area contributed by atoms with Gasteiger partial charge in [-0.15, -0.1) is 0 Å². The number of rotatable bonds is 7. The van der Waals surface area contributed by atoms with Gasteiger partial charge in [-0.2, -0.15) is 0 Å². The highest BCUT2D eigenvalue weighted by Crippen LogP contribution is 2.17. The van der Waals surface area contributed by atoms with Gasteiger partial charge in [0.2, 0.25) is 5.91 Å². The topological polar surface area (TPSA) is 75.5 Å². The molecular formula is C20H28N4O3S. The Morgan fingerprint density at radius 3 is 2.32 bits per heavy atom. The summed E-state index contributed by atoms with van der Waals surface area (Å²) in [5, 5.41) is -0.454. The SMILES string of the molecule is CC(C)S(=O)(=O)c1ccc(CC(=O)N2CCN(CCn3ccnc3)CC2)cc1. The normalized spacial score (nSPS) is 15.9. The van der Waals surface area contributed by atoms with E-state index < -0.39 is 15.1 Å². The third-order valence-corrected chi connectivity index (χ3v) is 7.36. The van der Waals surface area contributed by atoms with Gasteiger partial charge < -0.3 is 9.47 Å². The Labute approximate surface area is 166 Å². The molecule has 2 heterocycles. The van der Waals surface area contributed by atoms with Gasteiger partial charge in [0.1, 0.15) is 0 Å². The van der Waals surface area contributed by atoms with E-state index in [1.807, 2.05) is 17.4 Å². The summed E-state index contributed by atoms with van der Waals surface area (Å²) in [6.45, 7) is 8.37. The minimum absolute atomic E-state index is 0.0914. The molecule has 152 valence electrons. The molecule has 1 aliphatic rings. The molecule has 0 atom stereocenters. The van der Waals surface area contributed by atoms with Gasteiger partial charge in [-0.25, -0.2) is 13.4 Å². The van der Waals surface area contributed by atoms with Crippen LogP contribution in [0.25, 0.3) is 0 Å². The van der Waals surface area contributed by atoms with Crippen LogP contribution in [0.1, 0.15) is 19.4 Å². The van der Waals surface area contributed by atoms with Gasteiger partial charge in [-0.05, 0) is 31.5 Å². The van der Waals surface area contributed by atoms with Crippen molar-refractivity contribution in [2.75, 3.05) is 32.7 Å². The third kappa shape index (κ3) is 4.99. The molecule has 3 rings (SSSR count). The van der Waals surface area contributed by atoms with Crippen LogP contribution in [0.4, 0.5) is 0 Å². The van der Waals surface area contributed by atoms with E-state index in [1.165, 1.54) is 0 Å². The lowest BCUT2D eigenvalue weighted by molar-refractivity contribution is -0.132. The van der Waals surface area contributed by atoms with Crippen molar-refractivity contribution < 1.29 is 13.2 Å². The first-order valence-electron chi connectivity index (χ1n) is 9.65. The Hall–Kier alpha value is -2.19. The summed E-state index contributed by atoms with van der Waals surface area (Å²) in [6, 6.07) is 6.70. The minimum atomic E-state index is -3.28. The number of imidazole rings is 1. The van der Waals surface area contributed by atoms with E-state index >= 15 is 0 Å². The van der Waals surface area contributed by atoms with Gasteiger partial charge in [0.15, 0.2) is 9.84 Å². The maximum atomic E-state index is 12.6. The molecular weight excluding hydrogens is 376 g/mol. The number of benzene rings is 1. The van der Waals surface area contributed by atoms with Gasteiger partial charge >= 0.3 is 0 Å². The molecule has 1 aromatic heterocycles. The van der Waals surface area contributed by atoms with Crippen molar-refractivity contribution in [3.05, 3.63) is 48.5 Å². The van der Waals surface area contributed by atoms with Crippen LogP contribution in [0.3, 0.4) is 0 Å². The van der Waals surface area contributed by atoms with Crippen LogP contribution in [0, 0.1) is 0 Å². The number of aromatic nitrogens is 2. The molecule has 2 aromatic rings. The van der Waals surface area contributed by atoms with Crippen LogP contribution in [-0.4, -0.2) is 71.6 Å². The predicted octanol–water partition coefficient (Wildman–Crippen LogP) is 1.45. The first kappa shape index (κ1) is 20.5. The van der Waals surface area contributed by atoms with E-state index in [-0.39, 0.29) is 5.91 Å². The van der Waals surface area contributed by atoms with E-state index in [9.17, 15) is 13.2 Å². The van der Waals surface area contributed by atoms with Crippen LogP contribution in [0.15, 0.2) is 47.9 Å². The molecule has 7 nitrogen and oxygen atoms in total. The molecule has 0 spiro atoms. The number of carbonyl (C=O) groups is 1. The fourth-order valence-corrected chi connectivity index (χ4v) is 4.31. The molecule has 0 aliphatic carbocycles. The number of carbonyl (C=O) groups excluding carboxylic acids is 1. The molecule has 1 saturated heterocycles. The second kappa shape index (κ2) is 8.87. The average molecular weight is 405 g/mol. The number of piperazine rings is 1. The van der Waals surface area contributed by atoms with Gasteiger partial charge in [0.05, 0.1) is 22.9 Å². The second-order valence-corrected chi connectivity index (χ2v) is 9.94. The van der Waals surface area contributed by atoms with Crippen LogP contribution in [0.5, 0.6) is 0 Å². The highest BCUT2D eigenvalue weighted by atomic mass is 32.2. The van der Waals surface area contributed by atoms with Crippen molar-refractivity contribution in [1.29, 1.82) is 0 Å². The first-order chi connectivity index (χ1) is 13.4. The molecule has 28 heavy (non-hydrogen) atoms. The zero-order valence-electron chi connectivity index (χ0n) is 16.5. The Kier molecular flexibility index (Phi) is 6.51. The highest BCUT2D eigenvalue weighted by Gasteiger charge is 2.22. The van der Waals surface area contributed by atoms with Crippen molar-refractivity contribution in [2.24, 2.45) is 0 Å². The van der Waals surface area contributed by atoms with E-state index in [1.54, 1.807) is 44.3 Å². The first-order valence-corrected chi connectivity index (χ1v) is 11.2. The Balaban J connectivity index is 1.48. The van der Waals surface area contributed by atoms with Crippen molar-refractivity contribution in [1.82, 2.24) is 19.4 Å². The number of hydrogen-bond acceptors (Lipinski definition) is 5. The largest absolute Gasteiger partial charge is 0.340 e. The zero-order chi connectivity index (χ0) is 20.1. The molecule has 1 aliphatic heterocycles. The molecule has 1 aromatic carbocycles. The number of hydrogen-bond donors (Lipinski definition) is 0. The second-order valence-electron chi connectivity index (χ2n) is 7.44. The summed E-state index contributed by atoms with van der Waals surface area (Å²) in [6.07, 6.45) is 5.85. The zero-order valence-corrected chi connectivity index (χ0v) is 17.3. The van der Waals surface area contributed by atoms with Crippen LogP contribution in [-0.2, 0) is 27.6 Å². The van der Waals surface area contributed by atoms with Gasteiger partial charge in [-0.1, -0.05) is 12.1 Å². The van der Waals surface area contributed by atoms with Crippen LogP contribution < -0.4 is 0 Å². The van der Waals surface area contributed by atoms with Crippen LogP contribution in [0.2, 0.25) is 0 Å². The summed E-state index contributed by atoms with van der Waals surface area (Å²) in [7, 11) is -3.28. The maximum absolute atomic E-state index is 12.6. The molecule has 0 N–H and O–H groups in total.